The van der Waals surface area contributed by atoms with E-state index in [1.54, 1.807) is 6.92 Å². The zero-order valence-electron chi connectivity index (χ0n) is 9.47. The molecule has 2 rings (SSSR count). The molecule has 0 aliphatic carbocycles. The summed E-state index contributed by atoms with van der Waals surface area (Å²) in [5, 5.41) is 8.93. The number of hydrogen-bond acceptors (Lipinski definition) is 1. The lowest BCUT2D eigenvalue weighted by molar-refractivity contribution is -0.141. The SMILES string of the molecule is Cc1cc2ccccn2c1CC(C)C(=O)O. The highest BCUT2D eigenvalue weighted by atomic mass is 16.4. The summed E-state index contributed by atoms with van der Waals surface area (Å²) in [5.41, 5.74) is 3.36. The van der Waals surface area contributed by atoms with Crippen molar-refractivity contribution in [2.24, 2.45) is 5.92 Å². The predicted molar refractivity (Wildman–Crippen MR) is 62.6 cm³/mol. The van der Waals surface area contributed by atoms with Crippen molar-refractivity contribution < 1.29 is 9.90 Å². The van der Waals surface area contributed by atoms with Crippen molar-refractivity contribution in [1.29, 1.82) is 0 Å². The molecule has 0 aliphatic rings. The fraction of sp³-hybridized carbons (Fsp3) is 0.308. The molecule has 1 atom stereocenters. The second-order valence-corrected chi connectivity index (χ2v) is 4.21. The van der Waals surface area contributed by atoms with Gasteiger partial charge in [-0.25, -0.2) is 0 Å². The number of carbonyl (C=O) groups is 1. The van der Waals surface area contributed by atoms with Gasteiger partial charge >= 0.3 is 5.97 Å². The zero-order chi connectivity index (χ0) is 11.7. The smallest absolute Gasteiger partial charge is 0.306 e. The van der Waals surface area contributed by atoms with Gasteiger partial charge in [0.25, 0.3) is 0 Å². The molecule has 0 fully saturated rings. The quantitative estimate of drug-likeness (QED) is 0.858. The molecule has 0 aromatic carbocycles. The van der Waals surface area contributed by atoms with E-state index in [0.29, 0.717) is 6.42 Å². The van der Waals surface area contributed by atoms with Crippen LogP contribution in [0.3, 0.4) is 0 Å². The van der Waals surface area contributed by atoms with Gasteiger partial charge in [-0.05, 0) is 30.7 Å². The number of nitrogens with zero attached hydrogens (tertiary/aromatic N) is 1. The van der Waals surface area contributed by atoms with Gasteiger partial charge in [-0.1, -0.05) is 13.0 Å². The van der Waals surface area contributed by atoms with Gasteiger partial charge in [0.2, 0.25) is 0 Å². The summed E-state index contributed by atoms with van der Waals surface area (Å²) in [6, 6.07) is 8.06. The van der Waals surface area contributed by atoms with E-state index in [1.807, 2.05) is 31.3 Å². The number of aromatic nitrogens is 1. The molecule has 0 saturated heterocycles. The Morgan fingerprint density at radius 3 is 2.94 bits per heavy atom. The molecule has 16 heavy (non-hydrogen) atoms. The number of carboxylic acid groups (broad SMARTS) is 1. The number of aryl methyl sites for hydroxylation is 1. The average molecular weight is 217 g/mol. The second-order valence-electron chi connectivity index (χ2n) is 4.21. The topological polar surface area (TPSA) is 41.7 Å². The summed E-state index contributed by atoms with van der Waals surface area (Å²) >= 11 is 0. The van der Waals surface area contributed by atoms with Crippen LogP contribution in [0.5, 0.6) is 0 Å². The minimum Gasteiger partial charge on any atom is -0.481 e. The fourth-order valence-corrected chi connectivity index (χ4v) is 1.95. The molecule has 0 aliphatic heterocycles. The maximum Gasteiger partial charge on any atom is 0.306 e. The molecule has 2 heterocycles. The van der Waals surface area contributed by atoms with Gasteiger partial charge < -0.3 is 9.51 Å². The molecule has 3 nitrogen and oxygen atoms in total. The van der Waals surface area contributed by atoms with Crippen LogP contribution in [-0.4, -0.2) is 15.5 Å². The van der Waals surface area contributed by atoms with E-state index in [1.165, 1.54) is 0 Å². The minimum absolute atomic E-state index is 0.350. The van der Waals surface area contributed by atoms with Crippen LogP contribution in [0, 0.1) is 12.8 Å². The highest BCUT2D eigenvalue weighted by Crippen LogP contribution is 2.19. The van der Waals surface area contributed by atoms with E-state index in [9.17, 15) is 4.79 Å². The molecule has 0 spiro atoms. The Morgan fingerprint density at radius 1 is 1.50 bits per heavy atom. The molecular formula is C13H15NO2. The standard InChI is InChI=1S/C13H15NO2/c1-9-7-11-5-3-4-6-14(11)12(9)8-10(2)13(15)16/h3-7,10H,8H2,1-2H3,(H,15,16). The molecule has 84 valence electrons. The first-order valence-corrected chi connectivity index (χ1v) is 5.38. The Morgan fingerprint density at radius 2 is 2.25 bits per heavy atom. The van der Waals surface area contributed by atoms with Crippen LogP contribution in [0.1, 0.15) is 18.2 Å². The maximum absolute atomic E-state index is 10.9. The molecule has 0 radical (unpaired) electrons. The molecule has 0 saturated carbocycles. The van der Waals surface area contributed by atoms with E-state index in [2.05, 4.69) is 10.5 Å². The third-order valence-electron chi connectivity index (χ3n) is 2.92. The summed E-state index contributed by atoms with van der Waals surface area (Å²) in [5.74, 6) is -1.10. The summed E-state index contributed by atoms with van der Waals surface area (Å²) in [6.07, 6.45) is 2.55. The predicted octanol–water partition coefficient (Wildman–Crippen LogP) is 2.51. The lowest BCUT2D eigenvalue weighted by atomic mass is 10.0. The lowest BCUT2D eigenvalue weighted by Crippen LogP contribution is -2.13. The lowest BCUT2D eigenvalue weighted by Gasteiger charge is -2.08. The first-order valence-electron chi connectivity index (χ1n) is 5.38. The third kappa shape index (κ3) is 1.81. The number of aliphatic carboxylic acids is 1. The third-order valence-corrected chi connectivity index (χ3v) is 2.92. The first kappa shape index (κ1) is 10.7. The van der Waals surface area contributed by atoms with E-state index in [4.69, 9.17) is 5.11 Å². The van der Waals surface area contributed by atoms with Gasteiger partial charge in [0.1, 0.15) is 0 Å². The van der Waals surface area contributed by atoms with Crippen molar-refractivity contribution in [3.8, 4) is 0 Å². The van der Waals surface area contributed by atoms with Crippen molar-refractivity contribution in [3.05, 3.63) is 41.7 Å². The molecule has 0 bridgehead atoms. The average Bonchev–Trinajstić information content (AvgIpc) is 2.55. The van der Waals surface area contributed by atoms with Crippen LogP contribution in [0.4, 0.5) is 0 Å². The molecule has 3 heteroatoms. The van der Waals surface area contributed by atoms with E-state index in [0.717, 1.165) is 16.8 Å². The molecular weight excluding hydrogens is 202 g/mol. The fourth-order valence-electron chi connectivity index (χ4n) is 1.95. The number of rotatable bonds is 3. The van der Waals surface area contributed by atoms with Gasteiger partial charge in [-0.15, -0.1) is 0 Å². The van der Waals surface area contributed by atoms with Crippen molar-refractivity contribution in [1.82, 2.24) is 4.40 Å². The summed E-state index contributed by atoms with van der Waals surface area (Å²) in [6.45, 7) is 3.76. The van der Waals surface area contributed by atoms with E-state index >= 15 is 0 Å². The van der Waals surface area contributed by atoms with Gasteiger partial charge in [0.15, 0.2) is 0 Å². The molecule has 1 N–H and O–H groups in total. The number of pyridine rings is 1. The van der Waals surface area contributed by atoms with E-state index < -0.39 is 5.97 Å². The van der Waals surface area contributed by atoms with Crippen molar-refractivity contribution in [3.63, 3.8) is 0 Å². The van der Waals surface area contributed by atoms with Crippen LogP contribution >= 0.6 is 0 Å². The van der Waals surface area contributed by atoms with Crippen molar-refractivity contribution in [2.75, 3.05) is 0 Å². The minimum atomic E-state index is -0.745. The Kier molecular flexibility index (Phi) is 2.69. The highest BCUT2D eigenvalue weighted by Gasteiger charge is 2.15. The Hall–Kier alpha value is -1.77. The summed E-state index contributed by atoms with van der Waals surface area (Å²) in [7, 11) is 0. The van der Waals surface area contributed by atoms with Crippen LogP contribution in [0.2, 0.25) is 0 Å². The number of hydrogen-bond donors (Lipinski definition) is 1. The molecule has 1 unspecified atom stereocenters. The number of carboxylic acids is 1. The van der Waals surface area contributed by atoms with E-state index in [-0.39, 0.29) is 5.92 Å². The van der Waals surface area contributed by atoms with Crippen LogP contribution < -0.4 is 0 Å². The van der Waals surface area contributed by atoms with Gasteiger partial charge in [-0.3, -0.25) is 4.79 Å². The van der Waals surface area contributed by atoms with Crippen LogP contribution in [0.15, 0.2) is 30.5 Å². The van der Waals surface area contributed by atoms with Crippen molar-refractivity contribution >= 4 is 11.5 Å². The maximum atomic E-state index is 10.9. The Balaban J connectivity index is 2.43. The molecule has 2 aromatic heterocycles. The van der Waals surface area contributed by atoms with Gasteiger partial charge in [0, 0.05) is 23.8 Å². The summed E-state index contributed by atoms with van der Waals surface area (Å²) < 4.78 is 2.06. The van der Waals surface area contributed by atoms with Gasteiger partial charge in [-0.2, -0.15) is 0 Å². The normalized spacial score (nSPS) is 12.9. The largest absolute Gasteiger partial charge is 0.481 e. The van der Waals surface area contributed by atoms with Crippen molar-refractivity contribution in [2.45, 2.75) is 20.3 Å². The second kappa shape index (κ2) is 4.00. The van der Waals surface area contributed by atoms with Crippen LogP contribution in [0.25, 0.3) is 5.52 Å². The van der Waals surface area contributed by atoms with Crippen LogP contribution in [-0.2, 0) is 11.2 Å². The molecule has 2 aromatic rings. The number of fused-ring (bicyclic) bond motifs is 1. The zero-order valence-corrected chi connectivity index (χ0v) is 9.47. The Bertz CT molecular complexity index is 528. The Labute approximate surface area is 94.3 Å². The highest BCUT2D eigenvalue weighted by molar-refractivity contribution is 5.70. The first-order chi connectivity index (χ1) is 7.59. The summed E-state index contributed by atoms with van der Waals surface area (Å²) in [4.78, 5) is 10.9. The van der Waals surface area contributed by atoms with Gasteiger partial charge in [0.05, 0.1) is 5.92 Å². The monoisotopic (exact) mass is 217 g/mol. The molecule has 0 amide bonds.